The van der Waals surface area contributed by atoms with Crippen molar-refractivity contribution in [3.8, 4) is 0 Å². The number of nitrogens with two attached hydrogens (primary N) is 1. The minimum absolute atomic E-state index is 0. The Morgan fingerprint density at radius 1 is 1.32 bits per heavy atom. The Kier molecular flexibility index (Phi) is 8.81. The van der Waals surface area contributed by atoms with Crippen LogP contribution in [-0.2, 0) is 23.2 Å². The monoisotopic (exact) mass is 474 g/mol. The molecule has 25 heavy (non-hydrogen) atoms. The topological polar surface area (TPSA) is 72.5 Å². The third kappa shape index (κ3) is 6.91. The first-order valence-corrected chi connectivity index (χ1v) is 8.87. The van der Waals surface area contributed by atoms with Crippen LogP contribution >= 0.6 is 35.3 Å². The molecule has 1 heterocycles. The standard InChI is InChI=1S/C18H26N4OS.HI/c1-18(2,3)15-12-24-16(22-15)9-10-20-17(19)21-14-8-6-5-7-13(14)11-23-4;/h5-8,12H,9-11H2,1-4H3,(H3,19,20,21);1H. The van der Waals surface area contributed by atoms with Crippen molar-refractivity contribution in [1.82, 2.24) is 4.98 Å². The Labute approximate surface area is 171 Å². The van der Waals surface area contributed by atoms with Gasteiger partial charge in [0, 0.05) is 42.1 Å². The number of thiazole rings is 1. The number of rotatable bonds is 6. The second kappa shape index (κ2) is 10.1. The summed E-state index contributed by atoms with van der Waals surface area (Å²) in [6, 6.07) is 7.90. The van der Waals surface area contributed by atoms with Crippen LogP contribution in [0.1, 0.15) is 37.0 Å². The van der Waals surface area contributed by atoms with E-state index in [2.05, 4.69) is 41.4 Å². The molecule has 0 amide bonds. The van der Waals surface area contributed by atoms with E-state index in [0.717, 1.165) is 28.4 Å². The van der Waals surface area contributed by atoms with Crippen molar-refractivity contribution in [2.45, 2.75) is 39.2 Å². The van der Waals surface area contributed by atoms with Crippen molar-refractivity contribution < 1.29 is 4.74 Å². The molecule has 7 heteroatoms. The normalized spacial score (nSPS) is 11.9. The van der Waals surface area contributed by atoms with Crippen molar-refractivity contribution in [2.75, 3.05) is 19.0 Å². The van der Waals surface area contributed by atoms with E-state index in [4.69, 9.17) is 10.5 Å². The highest BCUT2D eigenvalue weighted by molar-refractivity contribution is 14.0. The number of nitrogens with one attached hydrogen (secondary N) is 1. The summed E-state index contributed by atoms with van der Waals surface area (Å²) >= 11 is 1.68. The molecule has 0 aliphatic heterocycles. The molecule has 0 bridgehead atoms. The van der Waals surface area contributed by atoms with Crippen molar-refractivity contribution >= 4 is 47.0 Å². The minimum Gasteiger partial charge on any atom is -0.380 e. The van der Waals surface area contributed by atoms with E-state index in [9.17, 15) is 0 Å². The van der Waals surface area contributed by atoms with Crippen molar-refractivity contribution in [2.24, 2.45) is 10.7 Å². The number of aromatic nitrogens is 1. The van der Waals surface area contributed by atoms with Gasteiger partial charge in [-0.1, -0.05) is 39.0 Å². The van der Waals surface area contributed by atoms with Gasteiger partial charge in [0.25, 0.3) is 0 Å². The zero-order chi connectivity index (χ0) is 17.6. The van der Waals surface area contributed by atoms with Crippen LogP contribution in [-0.4, -0.2) is 24.6 Å². The molecule has 0 radical (unpaired) electrons. The Balaban J connectivity index is 0.00000312. The molecule has 1 aromatic heterocycles. The molecule has 2 aromatic rings. The van der Waals surface area contributed by atoms with Crippen LogP contribution in [0.25, 0.3) is 0 Å². The van der Waals surface area contributed by atoms with E-state index in [-0.39, 0.29) is 29.4 Å². The van der Waals surface area contributed by atoms with E-state index >= 15 is 0 Å². The first kappa shape index (κ1) is 21.9. The average molecular weight is 474 g/mol. The third-order valence-electron chi connectivity index (χ3n) is 3.51. The van der Waals surface area contributed by atoms with Gasteiger partial charge in [0.05, 0.1) is 17.3 Å². The first-order chi connectivity index (χ1) is 11.4. The second-order valence-corrected chi connectivity index (χ2v) is 7.55. The maximum Gasteiger partial charge on any atom is 0.193 e. The van der Waals surface area contributed by atoms with Gasteiger partial charge in [0.2, 0.25) is 0 Å². The van der Waals surface area contributed by atoms with Crippen molar-refractivity contribution in [1.29, 1.82) is 0 Å². The van der Waals surface area contributed by atoms with Gasteiger partial charge in [-0.05, 0) is 6.07 Å². The summed E-state index contributed by atoms with van der Waals surface area (Å²) in [5.74, 6) is 0.408. The summed E-state index contributed by atoms with van der Waals surface area (Å²) < 4.78 is 5.19. The van der Waals surface area contributed by atoms with E-state index in [1.807, 2.05) is 24.3 Å². The molecule has 0 saturated heterocycles. The van der Waals surface area contributed by atoms with Gasteiger partial charge >= 0.3 is 0 Å². The highest BCUT2D eigenvalue weighted by atomic mass is 127. The molecule has 0 fully saturated rings. The predicted molar refractivity (Wildman–Crippen MR) is 117 cm³/mol. The van der Waals surface area contributed by atoms with Gasteiger partial charge in [-0.15, -0.1) is 35.3 Å². The molecule has 0 saturated carbocycles. The molecule has 0 spiro atoms. The summed E-state index contributed by atoms with van der Waals surface area (Å²) in [7, 11) is 1.67. The predicted octanol–water partition coefficient (Wildman–Crippen LogP) is 4.17. The fourth-order valence-corrected chi connectivity index (χ4v) is 3.16. The molecular formula is C18H27IN4OS. The van der Waals surface area contributed by atoms with Crippen LogP contribution in [0.2, 0.25) is 0 Å². The Morgan fingerprint density at radius 3 is 2.68 bits per heavy atom. The summed E-state index contributed by atoms with van der Waals surface area (Å²) in [4.78, 5) is 9.07. The number of halogens is 1. The lowest BCUT2D eigenvalue weighted by atomic mass is 9.93. The molecule has 0 unspecified atom stereocenters. The van der Waals surface area contributed by atoms with Crippen LogP contribution < -0.4 is 11.1 Å². The third-order valence-corrected chi connectivity index (χ3v) is 4.42. The van der Waals surface area contributed by atoms with E-state index < -0.39 is 0 Å². The van der Waals surface area contributed by atoms with E-state index in [0.29, 0.717) is 19.1 Å². The number of anilines is 1. The van der Waals surface area contributed by atoms with Gasteiger partial charge in [-0.3, -0.25) is 4.99 Å². The fraction of sp³-hybridized carbons (Fsp3) is 0.444. The number of benzene rings is 1. The molecule has 1 aromatic carbocycles. The maximum atomic E-state index is 5.99. The SMILES string of the molecule is COCc1ccccc1NC(N)=NCCc1nc(C(C)(C)C)cs1.I. The molecule has 3 N–H and O–H groups in total. The van der Waals surface area contributed by atoms with Crippen LogP contribution in [0.3, 0.4) is 0 Å². The van der Waals surface area contributed by atoms with Crippen LogP contribution in [0.4, 0.5) is 5.69 Å². The Bertz CT molecular complexity index is 694. The summed E-state index contributed by atoms with van der Waals surface area (Å²) in [6.45, 7) is 7.66. The Morgan fingerprint density at radius 2 is 2.04 bits per heavy atom. The molecule has 0 atom stereocenters. The number of methoxy groups -OCH3 is 1. The molecule has 0 aliphatic carbocycles. The number of para-hydroxylation sites is 1. The quantitative estimate of drug-likeness (QED) is 0.375. The number of guanidine groups is 1. The smallest absolute Gasteiger partial charge is 0.193 e. The summed E-state index contributed by atoms with van der Waals surface area (Å²) in [6.07, 6.45) is 0.794. The van der Waals surface area contributed by atoms with Gasteiger partial charge in [-0.2, -0.15) is 0 Å². The number of ether oxygens (including phenoxy) is 1. The number of nitrogens with zero attached hydrogens (tertiary/aromatic N) is 2. The maximum absolute atomic E-state index is 5.99. The molecule has 0 aliphatic rings. The largest absolute Gasteiger partial charge is 0.380 e. The summed E-state index contributed by atoms with van der Waals surface area (Å²) in [5.41, 5.74) is 9.18. The lowest BCUT2D eigenvalue weighted by Gasteiger charge is -2.14. The van der Waals surface area contributed by atoms with Crippen LogP contribution in [0.15, 0.2) is 34.6 Å². The number of hydrogen-bond acceptors (Lipinski definition) is 4. The molecule has 5 nitrogen and oxygen atoms in total. The van der Waals surface area contributed by atoms with Gasteiger partial charge in [0.1, 0.15) is 0 Å². The van der Waals surface area contributed by atoms with E-state index in [1.54, 1.807) is 18.4 Å². The molecular weight excluding hydrogens is 447 g/mol. The lowest BCUT2D eigenvalue weighted by Crippen LogP contribution is -2.23. The average Bonchev–Trinajstić information content (AvgIpc) is 2.98. The molecule has 138 valence electrons. The zero-order valence-corrected chi connectivity index (χ0v) is 18.4. The number of hydrogen-bond donors (Lipinski definition) is 2. The number of aliphatic imine (C=N–C) groups is 1. The van der Waals surface area contributed by atoms with Crippen molar-refractivity contribution in [3.05, 3.63) is 45.9 Å². The highest BCUT2D eigenvalue weighted by Gasteiger charge is 2.17. The van der Waals surface area contributed by atoms with E-state index in [1.165, 1.54) is 0 Å². The van der Waals surface area contributed by atoms with Crippen LogP contribution in [0.5, 0.6) is 0 Å². The van der Waals surface area contributed by atoms with Gasteiger partial charge in [0.15, 0.2) is 5.96 Å². The molecule has 2 rings (SSSR count). The highest BCUT2D eigenvalue weighted by Crippen LogP contribution is 2.24. The second-order valence-electron chi connectivity index (χ2n) is 6.61. The summed E-state index contributed by atoms with van der Waals surface area (Å²) in [5, 5.41) is 6.36. The van der Waals surface area contributed by atoms with Gasteiger partial charge < -0.3 is 15.8 Å². The lowest BCUT2D eigenvalue weighted by molar-refractivity contribution is 0.185. The first-order valence-electron chi connectivity index (χ1n) is 7.99. The van der Waals surface area contributed by atoms with Crippen LogP contribution in [0, 0.1) is 0 Å². The van der Waals surface area contributed by atoms with Crippen molar-refractivity contribution in [3.63, 3.8) is 0 Å². The Hall–Kier alpha value is -1.19. The zero-order valence-electron chi connectivity index (χ0n) is 15.2. The van der Waals surface area contributed by atoms with Gasteiger partial charge in [-0.25, -0.2) is 4.98 Å². The fourth-order valence-electron chi connectivity index (χ4n) is 2.14. The minimum atomic E-state index is 0.